The standard InChI is InChI=1S/C10H18O4/c1-8(13-2)6-10(9(11)12)4-3-5-14-7-10/h8H,3-7H2,1-2H3,(H,11,12). The van der Waals surface area contributed by atoms with E-state index < -0.39 is 11.4 Å². The maximum atomic E-state index is 11.2. The third-order valence-electron chi connectivity index (χ3n) is 2.86. The molecule has 82 valence electrons. The van der Waals surface area contributed by atoms with Gasteiger partial charge in [0.05, 0.1) is 18.1 Å². The fourth-order valence-corrected chi connectivity index (χ4v) is 1.90. The molecule has 4 nitrogen and oxygen atoms in total. The van der Waals surface area contributed by atoms with Crippen molar-refractivity contribution in [1.82, 2.24) is 0 Å². The maximum Gasteiger partial charge on any atom is 0.312 e. The number of carboxylic acids is 1. The van der Waals surface area contributed by atoms with Gasteiger partial charge in [-0.25, -0.2) is 0 Å². The fourth-order valence-electron chi connectivity index (χ4n) is 1.90. The molecule has 2 atom stereocenters. The zero-order valence-electron chi connectivity index (χ0n) is 8.78. The molecule has 14 heavy (non-hydrogen) atoms. The Morgan fingerprint density at radius 2 is 2.43 bits per heavy atom. The zero-order chi connectivity index (χ0) is 10.6. The Labute approximate surface area is 84.2 Å². The van der Waals surface area contributed by atoms with Gasteiger partial charge in [0.15, 0.2) is 0 Å². The van der Waals surface area contributed by atoms with E-state index in [1.165, 1.54) is 0 Å². The number of methoxy groups -OCH3 is 1. The van der Waals surface area contributed by atoms with E-state index in [1.807, 2.05) is 6.92 Å². The predicted octanol–water partition coefficient (Wildman–Crippen LogP) is 1.29. The summed E-state index contributed by atoms with van der Waals surface area (Å²) in [5.41, 5.74) is -0.728. The summed E-state index contributed by atoms with van der Waals surface area (Å²) in [6, 6.07) is 0. The molecule has 0 aromatic heterocycles. The van der Waals surface area contributed by atoms with E-state index in [1.54, 1.807) is 7.11 Å². The third-order valence-corrected chi connectivity index (χ3v) is 2.86. The molecule has 0 bridgehead atoms. The van der Waals surface area contributed by atoms with Crippen LogP contribution in [-0.2, 0) is 14.3 Å². The summed E-state index contributed by atoms with van der Waals surface area (Å²) in [6.07, 6.45) is 2.00. The minimum Gasteiger partial charge on any atom is -0.481 e. The highest BCUT2D eigenvalue weighted by Crippen LogP contribution is 2.34. The topological polar surface area (TPSA) is 55.8 Å². The summed E-state index contributed by atoms with van der Waals surface area (Å²) >= 11 is 0. The number of hydrogen-bond donors (Lipinski definition) is 1. The molecule has 1 heterocycles. The van der Waals surface area contributed by atoms with Crippen molar-refractivity contribution in [1.29, 1.82) is 0 Å². The molecule has 0 saturated carbocycles. The van der Waals surface area contributed by atoms with Crippen molar-refractivity contribution in [2.24, 2.45) is 5.41 Å². The van der Waals surface area contributed by atoms with E-state index in [0.717, 1.165) is 6.42 Å². The average molecular weight is 202 g/mol. The van der Waals surface area contributed by atoms with E-state index in [-0.39, 0.29) is 6.10 Å². The molecule has 1 saturated heterocycles. The number of aliphatic carboxylic acids is 1. The summed E-state index contributed by atoms with van der Waals surface area (Å²) in [7, 11) is 1.60. The minimum atomic E-state index is -0.763. The molecular weight excluding hydrogens is 184 g/mol. The first-order valence-electron chi connectivity index (χ1n) is 4.95. The van der Waals surface area contributed by atoms with Crippen LogP contribution in [0.5, 0.6) is 0 Å². The van der Waals surface area contributed by atoms with Crippen LogP contribution >= 0.6 is 0 Å². The quantitative estimate of drug-likeness (QED) is 0.746. The van der Waals surface area contributed by atoms with Crippen molar-refractivity contribution in [3.8, 4) is 0 Å². The molecule has 2 unspecified atom stereocenters. The molecule has 1 N–H and O–H groups in total. The van der Waals surface area contributed by atoms with Gasteiger partial charge in [-0.2, -0.15) is 0 Å². The molecule has 1 rings (SSSR count). The van der Waals surface area contributed by atoms with E-state index in [0.29, 0.717) is 26.1 Å². The van der Waals surface area contributed by atoms with Gasteiger partial charge in [0.1, 0.15) is 0 Å². The highest BCUT2D eigenvalue weighted by molar-refractivity contribution is 5.75. The number of carboxylic acid groups (broad SMARTS) is 1. The minimum absolute atomic E-state index is 0.0344. The molecular formula is C10H18O4. The van der Waals surface area contributed by atoms with E-state index >= 15 is 0 Å². The van der Waals surface area contributed by atoms with Crippen LogP contribution in [0.2, 0.25) is 0 Å². The first-order chi connectivity index (χ1) is 6.60. The summed E-state index contributed by atoms with van der Waals surface area (Å²) < 4.78 is 10.4. The SMILES string of the molecule is COC(C)CC1(C(=O)O)CCCOC1. The van der Waals surface area contributed by atoms with Crippen LogP contribution in [0.25, 0.3) is 0 Å². The zero-order valence-corrected chi connectivity index (χ0v) is 8.78. The second-order valence-corrected chi connectivity index (χ2v) is 3.99. The summed E-state index contributed by atoms with van der Waals surface area (Å²) in [5.74, 6) is -0.763. The first-order valence-corrected chi connectivity index (χ1v) is 4.95. The molecule has 1 aliphatic heterocycles. The van der Waals surface area contributed by atoms with Crippen molar-refractivity contribution < 1.29 is 19.4 Å². The molecule has 4 heteroatoms. The highest BCUT2D eigenvalue weighted by Gasteiger charge is 2.41. The predicted molar refractivity (Wildman–Crippen MR) is 51.2 cm³/mol. The van der Waals surface area contributed by atoms with Crippen LogP contribution in [0.4, 0.5) is 0 Å². The van der Waals surface area contributed by atoms with Crippen LogP contribution < -0.4 is 0 Å². The largest absolute Gasteiger partial charge is 0.481 e. The second kappa shape index (κ2) is 4.75. The number of hydrogen-bond acceptors (Lipinski definition) is 3. The molecule has 0 radical (unpaired) electrons. The third kappa shape index (κ3) is 2.45. The molecule has 0 aromatic carbocycles. The Kier molecular flexibility index (Phi) is 3.89. The van der Waals surface area contributed by atoms with Gasteiger partial charge in [-0.05, 0) is 26.2 Å². The van der Waals surface area contributed by atoms with Gasteiger partial charge in [-0.15, -0.1) is 0 Å². The molecule has 0 aromatic rings. The lowest BCUT2D eigenvalue weighted by atomic mass is 9.78. The number of rotatable bonds is 4. The van der Waals surface area contributed by atoms with Crippen molar-refractivity contribution in [2.75, 3.05) is 20.3 Å². The normalized spacial score (nSPS) is 29.9. The average Bonchev–Trinajstić information content (AvgIpc) is 2.19. The van der Waals surface area contributed by atoms with Crippen LogP contribution in [0, 0.1) is 5.41 Å². The van der Waals surface area contributed by atoms with E-state index in [9.17, 15) is 9.90 Å². The highest BCUT2D eigenvalue weighted by atomic mass is 16.5. The smallest absolute Gasteiger partial charge is 0.312 e. The van der Waals surface area contributed by atoms with Crippen molar-refractivity contribution in [3.63, 3.8) is 0 Å². The molecule has 0 spiro atoms. The number of ether oxygens (including phenoxy) is 2. The van der Waals surface area contributed by atoms with Crippen LogP contribution in [0.3, 0.4) is 0 Å². The van der Waals surface area contributed by atoms with Crippen molar-refractivity contribution in [3.05, 3.63) is 0 Å². The van der Waals surface area contributed by atoms with Crippen LogP contribution in [0.15, 0.2) is 0 Å². The van der Waals surface area contributed by atoms with E-state index in [4.69, 9.17) is 9.47 Å². The van der Waals surface area contributed by atoms with Gasteiger partial charge in [-0.3, -0.25) is 4.79 Å². The van der Waals surface area contributed by atoms with Gasteiger partial charge < -0.3 is 14.6 Å². The van der Waals surface area contributed by atoms with Gasteiger partial charge in [0, 0.05) is 13.7 Å². The Balaban J connectivity index is 2.65. The van der Waals surface area contributed by atoms with Crippen molar-refractivity contribution >= 4 is 5.97 Å². The lowest BCUT2D eigenvalue weighted by Crippen LogP contribution is -2.41. The monoisotopic (exact) mass is 202 g/mol. The molecule has 1 aliphatic rings. The fraction of sp³-hybridized carbons (Fsp3) is 0.900. The van der Waals surface area contributed by atoms with Gasteiger partial charge in [-0.1, -0.05) is 0 Å². The van der Waals surface area contributed by atoms with Gasteiger partial charge in [0.2, 0.25) is 0 Å². The Bertz CT molecular complexity index is 196. The lowest BCUT2D eigenvalue weighted by Gasteiger charge is -2.34. The van der Waals surface area contributed by atoms with E-state index in [2.05, 4.69) is 0 Å². The van der Waals surface area contributed by atoms with Gasteiger partial charge in [0.25, 0.3) is 0 Å². The summed E-state index contributed by atoms with van der Waals surface area (Å²) in [5, 5.41) is 9.20. The maximum absolute atomic E-state index is 11.2. The molecule has 0 aliphatic carbocycles. The number of carbonyl (C=O) groups is 1. The first kappa shape index (κ1) is 11.5. The summed E-state index contributed by atoms with van der Waals surface area (Å²) in [6.45, 7) is 2.88. The van der Waals surface area contributed by atoms with Crippen LogP contribution in [0.1, 0.15) is 26.2 Å². The van der Waals surface area contributed by atoms with Gasteiger partial charge >= 0.3 is 5.97 Å². The Morgan fingerprint density at radius 3 is 2.86 bits per heavy atom. The lowest BCUT2D eigenvalue weighted by molar-refractivity contribution is -0.160. The Morgan fingerprint density at radius 1 is 1.71 bits per heavy atom. The Hall–Kier alpha value is -0.610. The summed E-state index contributed by atoms with van der Waals surface area (Å²) in [4.78, 5) is 11.2. The molecule has 1 fully saturated rings. The molecule has 0 amide bonds. The van der Waals surface area contributed by atoms with Crippen LogP contribution in [-0.4, -0.2) is 37.5 Å². The van der Waals surface area contributed by atoms with Crippen molar-refractivity contribution in [2.45, 2.75) is 32.3 Å². The second-order valence-electron chi connectivity index (χ2n) is 3.99.